The van der Waals surface area contributed by atoms with E-state index in [1.807, 2.05) is 38.1 Å². The summed E-state index contributed by atoms with van der Waals surface area (Å²) < 4.78 is 5.55. The summed E-state index contributed by atoms with van der Waals surface area (Å²) in [7, 11) is 0. The third kappa shape index (κ3) is 4.33. The van der Waals surface area contributed by atoms with Gasteiger partial charge in [-0.05, 0) is 34.1 Å². The lowest BCUT2D eigenvalue weighted by atomic mass is 9.87. The molecule has 7 heteroatoms. The molecule has 1 aliphatic carbocycles. The predicted octanol–water partition coefficient (Wildman–Crippen LogP) is 3.63. The van der Waals surface area contributed by atoms with E-state index in [2.05, 4.69) is 29.6 Å². The van der Waals surface area contributed by atoms with E-state index in [-0.39, 0.29) is 31.4 Å². The van der Waals surface area contributed by atoms with E-state index in [4.69, 9.17) is 9.84 Å². The van der Waals surface area contributed by atoms with Gasteiger partial charge in [0.25, 0.3) is 0 Å². The quantitative estimate of drug-likeness (QED) is 0.691. The first-order chi connectivity index (χ1) is 15.3. The van der Waals surface area contributed by atoms with E-state index in [0.29, 0.717) is 13.0 Å². The molecule has 0 bridgehead atoms. The smallest absolute Gasteiger partial charge is 0.407 e. The minimum absolute atomic E-state index is 0.0119. The van der Waals surface area contributed by atoms with Crippen molar-refractivity contribution in [2.75, 3.05) is 19.7 Å². The minimum atomic E-state index is -0.973. The van der Waals surface area contributed by atoms with Crippen LogP contribution >= 0.6 is 0 Å². The predicted molar refractivity (Wildman–Crippen MR) is 119 cm³/mol. The number of carbonyl (C=O) groups is 3. The highest BCUT2D eigenvalue weighted by molar-refractivity contribution is 5.85. The Morgan fingerprint density at radius 3 is 2.19 bits per heavy atom. The van der Waals surface area contributed by atoms with Crippen LogP contribution in [-0.4, -0.2) is 53.7 Å². The number of hydrogen-bond acceptors (Lipinski definition) is 4. The summed E-state index contributed by atoms with van der Waals surface area (Å²) in [6.07, 6.45) is 0.111. The van der Waals surface area contributed by atoms with Gasteiger partial charge in [0.05, 0.1) is 0 Å². The SMILES string of the molecule is CC(C)(CNC(=O)OCC1c2ccccc2-c2ccccc21)CC(=O)N1CCC1C(=O)O. The zero-order valence-electron chi connectivity index (χ0n) is 18.3. The fourth-order valence-corrected chi connectivity index (χ4v) is 4.48. The van der Waals surface area contributed by atoms with Crippen molar-refractivity contribution in [1.29, 1.82) is 0 Å². The zero-order chi connectivity index (χ0) is 22.9. The van der Waals surface area contributed by atoms with Gasteiger partial charge >= 0.3 is 12.1 Å². The summed E-state index contributed by atoms with van der Waals surface area (Å²) >= 11 is 0. The van der Waals surface area contributed by atoms with Crippen LogP contribution in [0.25, 0.3) is 11.1 Å². The highest BCUT2D eigenvalue weighted by atomic mass is 16.5. The fourth-order valence-electron chi connectivity index (χ4n) is 4.48. The molecule has 0 spiro atoms. The molecule has 2 N–H and O–H groups in total. The Morgan fingerprint density at radius 2 is 1.66 bits per heavy atom. The van der Waals surface area contributed by atoms with Crippen LogP contribution in [0.1, 0.15) is 43.7 Å². The van der Waals surface area contributed by atoms with Gasteiger partial charge in [0.1, 0.15) is 12.6 Å². The van der Waals surface area contributed by atoms with E-state index < -0.39 is 23.5 Å². The summed E-state index contributed by atoms with van der Waals surface area (Å²) in [5, 5.41) is 11.9. The molecule has 32 heavy (non-hydrogen) atoms. The summed E-state index contributed by atoms with van der Waals surface area (Å²) in [4.78, 5) is 37.4. The molecule has 1 aliphatic heterocycles. The van der Waals surface area contributed by atoms with Crippen molar-refractivity contribution in [3.05, 3.63) is 59.7 Å². The Labute approximate surface area is 187 Å². The number of fused-ring (bicyclic) bond motifs is 3. The Morgan fingerprint density at radius 1 is 1.06 bits per heavy atom. The number of aliphatic carboxylic acids is 1. The van der Waals surface area contributed by atoms with Gasteiger partial charge in [-0.3, -0.25) is 4.79 Å². The van der Waals surface area contributed by atoms with Crippen LogP contribution in [0.5, 0.6) is 0 Å². The fraction of sp³-hybridized carbons (Fsp3) is 0.400. The molecule has 2 amide bonds. The summed E-state index contributed by atoms with van der Waals surface area (Å²) in [5.74, 6) is -1.19. The lowest BCUT2D eigenvalue weighted by Gasteiger charge is -2.39. The number of carbonyl (C=O) groups excluding carboxylic acids is 2. The molecule has 168 valence electrons. The normalized spacial score (nSPS) is 17.2. The average molecular weight is 437 g/mol. The first-order valence-corrected chi connectivity index (χ1v) is 10.9. The number of ether oxygens (including phenoxy) is 1. The number of alkyl carbamates (subject to hydrolysis) is 1. The van der Waals surface area contributed by atoms with Gasteiger partial charge in [0.15, 0.2) is 0 Å². The van der Waals surface area contributed by atoms with Crippen molar-refractivity contribution < 1.29 is 24.2 Å². The van der Waals surface area contributed by atoms with Gasteiger partial charge < -0.3 is 20.1 Å². The van der Waals surface area contributed by atoms with Gasteiger partial charge in [-0.25, -0.2) is 9.59 Å². The van der Waals surface area contributed by atoms with Crippen molar-refractivity contribution >= 4 is 18.0 Å². The standard InChI is InChI=1S/C25H28N2O5/c1-25(2,13-22(28)27-12-11-21(27)23(29)30)15-26-24(31)32-14-20-18-9-5-3-7-16(18)17-8-4-6-10-19(17)20/h3-10,20-21H,11-15H2,1-2H3,(H,26,31)(H,29,30). The molecule has 0 aromatic heterocycles. The monoisotopic (exact) mass is 436 g/mol. The van der Waals surface area contributed by atoms with Gasteiger partial charge in [0.2, 0.25) is 5.91 Å². The van der Waals surface area contributed by atoms with Crippen LogP contribution in [0, 0.1) is 5.41 Å². The maximum atomic E-state index is 12.5. The summed E-state index contributed by atoms with van der Waals surface area (Å²) in [6, 6.07) is 15.6. The molecule has 1 fully saturated rings. The second-order valence-electron chi connectivity index (χ2n) is 9.25. The number of benzene rings is 2. The van der Waals surface area contributed by atoms with E-state index >= 15 is 0 Å². The number of nitrogens with one attached hydrogen (secondary N) is 1. The molecular formula is C25H28N2O5. The Balaban J connectivity index is 1.30. The van der Waals surface area contributed by atoms with E-state index in [1.54, 1.807) is 0 Å². The Hall–Kier alpha value is -3.35. The molecule has 1 heterocycles. The van der Waals surface area contributed by atoms with Crippen LogP contribution in [0.2, 0.25) is 0 Å². The molecule has 2 aromatic carbocycles. The number of amides is 2. The number of carboxylic acids is 1. The van der Waals surface area contributed by atoms with Crippen molar-refractivity contribution in [1.82, 2.24) is 10.2 Å². The number of rotatable bonds is 7. The minimum Gasteiger partial charge on any atom is -0.480 e. The van der Waals surface area contributed by atoms with Gasteiger partial charge in [-0.1, -0.05) is 62.4 Å². The van der Waals surface area contributed by atoms with Crippen LogP contribution in [0.3, 0.4) is 0 Å². The molecule has 1 saturated heterocycles. The van der Waals surface area contributed by atoms with Crippen molar-refractivity contribution in [3.63, 3.8) is 0 Å². The summed E-state index contributed by atoms with van der Waals surface area (Å²) in [5.41, 5.74) is 4.11. The van der Waals surface area contributed by atoms with Crippen LogP contribution in [-0.2, 0) is 14.3 Å². The largest absolute Gasteiger partial charge is 0.480 e. The highest BCUT2D eigenvalue weighted by Crippen LogP contribution is 2.44. The first kappa shape index (κ1) is 21.9. The number of carboxylic acid groups (broad SMARTS) is 1. The maximum absolute atomic E-state index is 12.5. The lowest BCUT2D eigenvalue weighted by Crippen LogP contribution is -2.56. The van der Waals surface area contributed by atoms with Crippen molar-refractivity contribution in [2.24, 2.45) is 5.41 Å². The van der Waals surface area contributed by atoms with Crippen molar-refractivity contribution in [2.45, 2.75) is 38.6 Å². The van der Waals surface area contributed by atoms with Crippen LogP contribution < -0.4 is 5.32 Å². The Kier molecular flexibility index (Phi) is 5.91. The van der Waals surface area contributed by atoms with E-state index in [1.165, 1.54) is 16.0 Å². The first-order valence-electron chi connectivity index (χ1n) is 10.9. The van der Waals surface area contributed by atoms with Gasteiger partial charge in [-0.15, -0.1) is 0 Å². The molecular weight excluding hydrogens is 408 g/mol. The third-order valence-corrected chi connectivity index (χ3v) is 6.31. The zero-order valence-corrected chi connectivity index (χ0v) is 18.3. The summed E-state index contributed by atoms with van der Waals surface area (Å²) in [6.45, 7) is 4.67. The molecule has 0 radical (unpaired) electrons. The molecule has 7 nitrogen and oxygen atoms in total. The second kappa shape index (κ2) is 8.65. The van der Waals surface area contributed by atoms with E-state index in [9.17, 15) is 14.4 Å². The Bertz CT molecular complexity index is 1000. The molecule has 0 saturated carbocycles. The maximum Gasteiger partial charge on any atom is 0.407 e. The van der Waals surface area contributed by atoms with E-state index in [0.717, 1.165) is 11.1 Å². The van der Waals surface area contributed by atoms with Crippen LogP contribution in [0.4, 0.5) is 4.79 Å². The molecule has 1 unspecified atom stereocenters. The molecule has 2 aromatic rings. The molecule has 2 aliphatic rings. The second-order valence-corrected chi connectivity index (χ2v) is 9.25. The third-order valence-electron chi connectivity index (χ3n) is 6.31. The van der Waals surface area contributed by atoms with Crippen LogP contribution in [0.15, 0.2) is 48.5 Å². The highest BCUT2D eigenvalue weighted by Gasteiger charge is 2.39. The number of hydrogen-bond donors (Lipinski definition) is 2. The van der Waals surface area contributed by atoms with Gasteiger partial charge in [0, 0.05) is 25.4 Å². The average Bonchev–Trinajstić information content (AvgIpc) is 3.03. The van der Waals surface area contributed by atoms with Gasteiger partial charge in [-0.2, -0.15) is 0 Å². The number of nitrogens with zero attached hydrogens (tertiary/aromatic N) is 1. The number of likely N-dealkylation sites (tertiary alicyclic amines) is 1. The topological polar surface area (TPSA) is 95.9 Å². The molecule has 4 rings (SSSR count). The molecule has 1 atom stereocenters. The van der Waals surface area contributed by atoms with Crippen molar-refractivity contribution in [3.8, 4) is 11.1 Å². The lowest BCUT2D eigenvalue weighted by molar-refractivity contribution is -0.158.